The number of fused-ring (bicyclic) bond motifs is 1. The number of allylic oxidation sites excluding steroid dienone is 3. The van der Waals surface area contributed by atoms with Gasteiger partial charge in [0.25, 0.3) is 0 Å². The topological polar surface area (TPSA) is 40.5 Å². The van der Waals surface area contributed by atoms with Crippen LogP contribution in [0.4, 0.5) is 5.69 Å². The Bertz CT molecular complexity index is 840. The first kappa shape index (κ1) is 18.5. The number of carbonyl (C=O) groups is 1. The van der Waals surface area contributed by atoms with E-state index in [1.807, 2.05) is 6.08 Å². The molecule has 1 aromatic rings. The Morgan fingerprint density at radius 2 is 1.69 bits per heavy atom. The first-order valence-corrected chi connectivity index (χ1v) is 9.26. The van der Waals surface area contributed by atoms with Crippen molar-refractivity contribution in [3.63, 3.8) is 0 Å². The van der Waals surface area contributed by atoms with Crippen molar-refractivity contribution in [3.8, 4) is 0 Å². The molecule has 0 unspecified atom stereocenters. The van der Waals surface area contributed by atoms with Crippen molar-refractivity contribution < 1.29 is 9.90 Å². The number of hydrogen-bond donors (Lipinski definition) is 1. The van der Waals surface area contributed by atoms with Crippen LogP contribution in [0.15, 0.2) is 48.2 Å². The highest BCUT2D eigenvalue weighted by Crippen LogP contribution is 2.48. The summed E-state index contributed by atoms with van der Waals surface area (Å²) in [4.78, 5) is 13.6. The Balaban J connectivity index is 2.15. The van der Waals surface area contributed by atoms with E-state index in [-0.39, 0.29) is 10.8 Å². The average molecular weight is 351 g/mol. The first-order valence-electron chi connectivity index (χ1n) is 9.26. The number of nitrogens with zero attached hydrogens (tertiary/aromatic N) is 1. The lowest BCUT2D eigenvalue weighted by atomic mass is 9.63. The fourth-order valence-corrected chi connectivity index (χ4v) is 4.13. The van der Waals surface area contributed by atoms with Gasteiger partial charge in [-0.2, -0.15) is 0 Å². The van der Waals surface area contributed by atoms with Crippen LogP contribution in [0.5, 0.6) is 0 Å². The van der Waals surface area contributed by atoms with Gasteiger partial charge in [-0.1, -0.05) is 40.3 Å². The zero-order valence-electron chi connectivity index (χ0n) is 16.5. The molecule has 138 valence electrons. The summed E-state index contributed by atoms with van der Waals surface area (Å²) in [7, 11) is 0. The minimum Gasteiger partial charge on any atom is -0.478 e. The number of carboxylic acid groups (broad SMARTS) is 1. The molecule has 0 radical (unpaired) electrons. The fraction of sp³-hybridized carbons (Fsp3) is 0.435. The van der Waals surface area contributed by atoms with E-state index in [1.54, 1.807) is 12.2 Å². The Kier molecular flexibility index (Phi) is 4.38. The van der Waals surface area contributed by atoms with E-state index < -0.39 is 5.97 Å². The molecule has 0 bridgehead atoms. The summed E-state index contributed by atoms with van der Waals surface area (Å²) in [5, 5.41) is 9.42. The molecule has 0 amide bonds. The standard InChI is InChI=1S/C23H29NO2/c1-7-17-9-8-16(21(25)26)14-24(17)20-13-19-18(12-15(20)2)22(3,4)10-11-23(19,5)6/h7-9,12-13H,1,10-11,14H2,2-6H3,(H,25,26). The number of benzene rings is 1. The number of rotatable bonds is 3. The van der Waals surface area contributed by atoms with Crippen molar-refractivity contribution in [2.75, 3.05) is 11.4 Å². The van der Waals surface area contributed by atoms with E-state index in [9.17, 15) is 9.90 Å². The van der Waals surface area contributed by atoms with Crippen molar-refractivity contribution in [3.05, 3.63) is 64.9 Å². The third-order valence-corrected chi connectivity index (χ3v) is 6.04. The predicted octanol–water partition coefficient (Wildman–Crippen LogP) is 5.24. The summed E-state index contributed by atoms with van der Waals surface area (Å²) in [6, 6.07) is 4.60. The number of aryl methyl sites for hydroxylation is 1. The minimum absolute atomic E-state index is 0.118. The Morgan fingerprint density at radius 1 is 1.12 bits per heavy atom. The van der Waals surface area contributed by atoms with Gasteiger partial charge in [-0.3, -0.25) is 0 Å². The van der Waals surface area contributed by atoms with Gasteiger partial charge >= 0.3 is 5.97 Å². The second-order valence-corrected chi connectivity index (χ2v) is 8.83. The van der Waals surface area contributed by atoms with E-state index in [2.05, 4.69) is 58.2 Å². The quantitative estimate of drug-likeness (QED) is 0.809. The maximum absolute atomic E-state index is 11.5. The number of anilines is 1. The van der Waals surface area contributed by atoms with Crippen LogP contribution in [0.3, 0.4) is 0 Å². The van der Waals surface area contributed by atoms with Crippen LogP contribution in [0.1, 0.15) is 57.2 Å². The molecule has 0 fully saturated rings. The van der Waals surface area contributed by atoms with Gasteiger partial charge in [-0.15, -0.1) is 0 Å². The summed E-state index contributed by atoms with van der Waals surface area (Å²) in [5.41, 5.74) is 6.67. The van der Waals surface area contributed by atoms with Gasteiger partial charge in [0, 0.05) is 11.4 Å². The van der Waals surface area contributed by atoms with Crippen LogP contribution in [0.25, 0.3) is 0 Å². The Hall–Kier alpha value is -2.29. The van der Waals surface area contributed by atoms with Crippen molar-refractivity contribution in [2.24, 2.45) is 0 Å². The third-order valence-electron chi connectivity index (χ3n) is 6.04. The Morgan fingerprint density at radius 3 is 2.23 bits per heavy atom. The highest BCUT2D eigenvalue weighted by molar-refractivity contribution is 5.89. The number of carboxylic acids is 1. The van der Waals surface area contributed by atoms with E-state index in [1.165, 1.54) is 23.1 Å². The molecule has 1 aliphatic heterocycles. The normalized spacial score (nSPS) is 20.7. The Labute approximate surface area is 156 Å². The first-order chi connectivity index (χ1) is 12.1. The van der Waals surface area contributed by atoms with Crippen molar-refractivity contribution >= 4 is 11.7 Å². The molecule has 0 saturated heterocycles. The molecule has 26 heavy (non-hydrogen) atoms. The fourth-order valence-electron chi connectivity index (χ4n) is 4.13. The summed E-state index contributed by atoms with van der Waals surface area (Å²) >= 11 is 0. The van der Waals surface area contributed by atoms with E-state index in [0.717, 1.165) is 17.8 Å². The van der Waals surface area contributed by atoms with E-state index in [4.69, 9.17) is 0 Å². The molecule has 0 aromatic heterocycles. The number of aliphatic carboxylic acids is 1. The summed E-state index contributed by atoms with van der Waals surface area (Å²) in [6.45, 7) is 15.6. The average Bonchev–Trinajstić information content (AvgIpc) is 2.58. The van der Waals surface area contributed by atoms with Crippen molar-refractivity contribution in [1.82, 2.24) is 0 Å². The smallest absolute Gasteiger partial charge is 0.333 e. The van der Waals surface area contributed by atoms with Gasteiger partial charge in [-0.25, -0.2) is 4.79 Å². The zero-order chi connectivity index (χ0) is 19.3. The molecule has 1 aliphatic carbocycles. The van der Waals surface area contributed by atoms with Gasteiger partial charge in [-0.05, 0) is 71.6 Å². The van der Waals surface area contributed by atoms with Crippen molar-refractivity contribution in [2.45, 2.75) is 58.3 Å². The van der Waals surface area contributed by atoms with Crippen molar-refractivity contribution in [1.29, 1.82) is 0 Å². The molecule has 0 saturated carbocycles. The maximum atomic E-state index is 11.5. The van der Waals surface area contributed by atoms with Gasteiger partial charge in [0.15, 0.2) is 0 Å². The second-order valence-electron chi connectivity index (χ2n) is 8.83. The van der Waals surface area contributed by atoms with E-state index in [0.29, 0.717) is 12.1 Å². The summed E-state index contributed by atoms with van der Waals surface area (Å²) < 4.78 is 0. The lowest BCUT2D eigenvalue weighted by Gasteiger charge is -2.43. The summed E-state index contributed by atoms with van der Waals surface area (Å²) in [6.07, 6.45) is 7.65. The lowest BCUT2D eigenvalue weighted by Crippen LogP contribution is -2.35. The van der Waals surface area contributed by atoms with Crippen LogP contribution in [0, 0.1) is 6.92 Å². The largest absolute Gasteiger partial charge is 0.478 e. The maximum Gasteiger partial charge on any atom is 0.333 e. The van der Waals surface area contributed by atoms with Gasteiger partial charge in [0.05, 0.1) is 12.1 Å². The molecule has 3 nitrogen and oxygen atoms in total. The highest BCUT2D eigenvalue weighted by Gasteiger charge is 2.38. The second kappa shape index (κ2) is 6.15. The minimum atomic E-state index is -0.869. The molecular weight excluding hydrogens is 322 g/mol. The lowest BCUT2D eigenvalue weighted by molar-refractivity contribution is -0.132. The molecule has 3 rings (SSSR count). The predicted molar refractivity (Wildman–Crippen MR) is 108 cm³/mol. The van der Waals surface area contributed by atoms with Gasteiger partial charge < -0.3 is 10.0 Å². The number of hydrogen-bond acceptors (Lipinski definition) is 2. The van der Waals surface area contributed by atoms with Gasteiger partial charge in [0.1, 0.15) is 0 Å². The molecule has 1 aromatic carbocycles. The molecule has 0 atom stereocenters. The molecule has 3 heteroatoms. The molecular formula is C23H29NO2. The monoisotopic (exact) mass is 351 g/mol. The molecule has 1 N–H and O–H groups in total. The van der Waals surface area contributed by atoms with Crippen LogP contribution in [-0.4, -0.2) is 17.6 Å². The summed E-state index contributed by atoms with van der Waals surface area (Å²) in [5.74, 6) is -0.869. The van der Waals surface area contributed by atoms with Gasteiger partial charge in [0.2, 0.25) is 0 Å². The van der Waals surface area contributed by atoms with Crippen LogP contribution < -0.4 is 4.90 Å². The zero-order valence-corrected chi connectivity index (χ0v) is 16.5. The SMILES string of the molecule is C=CC1=CC=C(C(=O)O)CN1c1cc2c(cc1C)C(C)(C)CCC2(C)C. The molecule has 2 aliphatic rings. The van der Waals surface area contributed by atoms with E-state index >= 15 is 0 Å². The molecule has 0 spiro atoms. The van der Waals surface area contributed by atoms with Crippen LogP contribution in [-0.2, 0) is 15.6 Å². The van der Waals surface area contributed by atoms with Crippen LogP contribution in [0.2, 0.25) is 0 Å². The van der Waals surface area contributed by atoms with Crippen LogP contribution >= 0.6 is 0 Å². The third kappa shape index (κ3) is 3.00. The molecule has 1 heterocycles. The highest BCUT2D eigenvalue weighted by atomic mass is 16.4.